The molecule has 0 aliphatic rings. The first kappa shape index (κ1) is 3.62. The zero-order chi connectivity index (χ0) is 10.1. The Balaban J connectivity index is 3.29. The molecule has 0 atom stereocenters. The summed E-state index contributed by atoms with van der Waals surface area (Å²) >= 11 is 0. The Labute approximate surface area is 64.3 Å². The van der Waals surface area contributed by atoms with Crippen molar-refractivity contribution in [1.82, 2.24) is 0 Å². The Morgan fingerprint density at radius 3 is 3.10 bits per heavy atom. The molecular formula is C8H8N2. The van der Waals surface area contributed by atoms with Gasteiger partial charge in [0.2, 0.25) is 0 Å². The number of nitrogen functional groups attached to an aromatic ring is 1. The lowest BCUT2D eigenvalue weighted by atomic mass is 10.2. The van der Waals surface area contributed by atoms with Crippen LogP contribution in [0.15, 0.2) is 18.2 Å². The smallest absolute Gasteiger partial charge is 0.187 e. The Hall–Kier alpha value is -1.49. The van der Waals surface area contributed by atoms with Gasteiger partial charge in [0.15, 0.2) is 5.69 Å². The number of anilines is 1. The fourth-order valence-electron chi connectivity index (χ4n) is 0.614. The van der Waals surface area contributed by atoms with E-state index in [1.165, 1.54) is 18.2 Å². The molecule has 0 saturated carbocycles. The molecule has 0 unspecified atom stereocenters. The van der Waals surface area contributed by atoms with E-state index in [9.17, 15) is 0 Å². The van der Waals surface area contributed by atoms with Crippen molar-refractivity contribution in [2.45, 2.75) is 6.85 Å². The molecule has 0 radical (unpaired) electrons. The highest BCUT2D eigenvalue weighted by atomic mass is 14.6. The highest BCUT2D eigenvalue weighted by Gasteiger charge is 1.93. The first-order valence-corrected chi connectivity index (χ1v) is 2.72. The van der Waals surface area contributed by atoms with Crippen LogP contribution >= 0.6 is 0 Å². The summed E-state index contributed by atoms with van der Waals surface area (Å²) in [4.78, 5) is 3.13. The fourth-order valence-corrected chi connectivity index (χ4v) is 0.614. The summed E-state index contributed by atoms with van der Waals surface area (Å²) in [5.41, 5.74) is 6.00. The second kappa shape index (κ2) is 2.40. The average molecular weight is 135 g/mol. The minimum Gasteiger partial charge on any atom is -0.399 e. The highest BCUT2D eigenvalue weighted by molar-refractivity contribution is 5.57. The van der Waals surface area contributed by atoms with E-state index in [0.29, 0.717) is 5.69 Å². The topological polar surface area (TPSA) is 30.4 Å². The standard InChI is InChI=1S/C8H8N2/c1-6-5-7(10-2)3-4-8(6)9/h3-5H,9H2,1H3/i1D3. The summed E-state index contributed by atoms with van der Waals surface area (Å²) in [6.07, 6.45) is 0. The molecular weight excluding hydrogens is 124 g/mol. The number of aryl methyl sites for hydroxylation is 1. The third kappa shape index (κ3) is 1.08. The van der Waals surface area contributed by atoms with Crippen LogP contribution in [0.4, 0.5) is 11.4 Å². The monoisotopic (exact) mass is 135 g/mol. The van der Waals surface area contributed by atoms with Crippen molar-refractivity contribution in [3.05, 3.63) is 35.2 Å². The van der Waals surface area contributed by atoms with Crippen molar-refractivity contribution in [1.29, 1.82) is 0 Å². The second-order valence-electron chi connectivity index (χ2n) is 1.88. The van der Waals surface area contributed by atoms with E-state index in [2.05, 4.69) is 4.85 Å². The molecule has 10 heavy (non-hydrogen) atoms. The SMILES string of the molecule is [2H]C([2H])([2H])c1cc([N+]#[C-])ccc1N. The van der Waals surface area contributed by atoms with Gasteiger partial charge in [0.1, 0.15) is 0 Å². The molecule has 0 aliphatic heterocycles. The molecule has 50 valence electrons. The first-order chi connectivity index (χ1) is 5.95. The number of hydrogen-bond acceptors (Lipinski definition) is 1. The molecule has 0 heterocycles. The molecule has 1 aromatic rings. The number of nitrogens with two attached hydrogens (primary N) is 1. The van der Waals surface area contributed by atoms with E-state index in [1.807, 2.05) is 0 Å². The van der Waals surface area contributed by atoms with Crippen molar-refractivity contribution >= 4 is 11.4 Å². The molecule has 1 rings (SSSR count). The van der Waals surface area contributed by atoms with Crippen LogP contribution in [0.3, 0.4) is 0 Å². The van der Waals surface area contributed by atoms with Crippen LogP contribution in [-0.4, -0.2) is 0 Å². The van der Waals surface area contributed by atoms with E-state index >= 15 is 0 Å². The van der Waals surface area contributed by atoms with Crippen molar-refractivity contribution < 1.29 is 4.11 Å². The summed E-state index contributed by atoms with van der Waals surface area (Å²) in [5.74, 6) is 0. The lowest BCUT2D eigenvalue weighted by Gasteiger charge is -1.97. The third-order valence-corrected chi connectivity index (χ3v) is 1.17. The molecule has 1 aromatic carbocycles. The van der Waals surface area contributed by atoms with Gasteiger partial charge in [-0.05, 0) is 18.5 Å². The number of rotatable bonds is 0. The summed E-state index contributed by atoms with van der Waals surface area (Å²) in [5, 5.41) is 0. The predicted molar refractivity (Wildman–Crippen MR) is 41.9 cm³/mol. The van der Waals surface area contributed by atoms with E-state index in [1.54, 1.807) is 0 Å². The van der Waals surface area contributed by atoms with Gasteiger partial charge < -0.3 is 5.73 Å². The van der Waals surface area contributed by atoms with Gasteiger partial charge in [0.25, 0.3) is 0 Å². The third-order valence-electron chi connectivity index (χ3n) is 1.17. The van der Waals surface area contributed by atoms with Crippen LogP contribution < -0.4 is 5.73 Å². The molecule has 0 spiro atoms. The minimum atomic E-state index is -2.25. The predicted octanol–water partition coefficient (Wildman–Crippen LogP) is 2.13. The van der Waals surface area contributed by atoms with Crippen LogP contribution in [0.1, 0.15) is 9.68 Å². The second-order valence-corrected chi connectivity index (χ2v) is 1.88. The van der Waals surface area contributed by atoms with Gasteiger partial charge >= 0.3 is 0 Å². The summed E-state index contributed by atoms with van der Waals surface area (Å²) in [6, 6.07) is 4.24. The molecule has 0 amide bonds. The number of nitrogens with zero attached hydrogens (tertiary/aromatic N) is 1. The van der Waals surface area contributed by atoms with E-state index in [-0.39, 0.29) is 11.3 Å². The van der Waals surface area contributed by atoms with Crippen LogP contribution in [0.5, 0.6) is 0 Å². The van der Waals surface area contributed by atoms with Crippen LogP contribution in [0.2, 0.25) is 0 Å². The zero-order valence-corrected chi connectivity index (χ0v) is 5.26. The number of benzene rings is 1. The summed E-state index contributed by atoms with van der Waals surface area (Å²) < 4.78 is 21.4. The largest absolute Gasteiger partial charge is 0.399 e. The Bertz CT molecular complexity index is 363. The molecule has 0 bridgehead atoms. The molecule has 0 aromatic heterocycles. The van der Waals surface area contributed by atoms with Crippen LogP contribution in [-0.2, 0) is 0 Å². The average Bonchev–Trinajstić information content (AvgIpc) is 2.03. The molecule has 2 nitrogen and oxygen atoms in total. The normalized spacial score (nSPS) is 14.5. The summed E-state index contributed by atoms with van der Waals surface area (Å²) in [6.45, 7) is 4.47. The lowest BCUT2D eigenvalue weighted by molar-refractivity contribution is 1.48. The van der Waals surface area contributed by atoms with Gasteiger partial charge in [-0.15, -0.1) is 0 Å². The van der Waals surface area contributed by atoms with Gasteiger partial charge in [-0.2, -0.15) is 0 Å². The van der Waals surface area contributed by atoms with Crippen LogP contribution in [0, 0.1) is 13.4 Å². The minimum absolute atomic E-state index is 0.0426. The zero-order valence-electron chi connectivity index (χ0n) is 8.26. The van der Waals surface area contributed by atoms with Gasteiger partial charge in [-0.25, -0.2) is 4.85 Å². The Morgan fingerprint density at radius 2 is 2.50 bits per heavy atom. The van der Waals surface area contributed by atoms with E-state index in [0.717, 1.165) is 0 Å². The van der Waals surface area contributed by atoms with E-state index in [4.69, 9.17) is 16.4 Å². The van der Waals surface area contributed by atoms with E-state index < -0.39 is 6.85 Å². The van der Waals surface area contributed by atoms with Crippen LogP contribution in [0.25, 0.3) is 4.85 Å². The van der Waals surface area contributed by atoms with Crippen molar-refractivity contribution in [3.8, 4) is 0 Å². The molecule has 2 N–H and O–H groups in total. The quantitative estimate of drug-likeness (QED) is 0.428. The molecule has 0 aliphatic carbocycles. The first-order valence-electron chi connectivity index (χ1n) is 4.22. The maximum atomic E-state index is 7.14. The molecule has 0 saturated heterocycles. The van der Waals surface area contributed by atoms with Gasteiger partial charge in [-0.3, -0.25) is 0 Å². The van der Waals surface area contributed by atoms with Crippen molar-refractivity contribution in [3.63, 3.8) is 0 Å². The Morgan fingerprint density at radius 1 is 1.70 bits per heavy atom. The van der Waals surface area contributed by atoms with Gasteiger partial charge in [-0.1, -0.05) is 12.1 Å². The summed E-state index contributed by atoms with van der Waals surface area (Å²) in [7, 11) is 0. The Kier molecular flexibility index (Phi) is 0.870. The van der Waals surface area contributed by atoms with Gasteiger partial charge in [0, 0.05) is 9.80 Å². The fraction of sp³-hybridized carbons (Fsp3) is 0.125. The maximum absolute atomic E-state index is 7.14. The van der Waals surface area contributed by atoms with Crippen molar-refractivity contribution in [2.75, 3.05) is 5.73 Å². The van der Waals surface area contributed by atoms with Gasteiger partial charge in [0.05, 0.1) is 6.57 Å². The molecule has 0 fully saturated rings. The van der Waals surface area contributed by atoms with Crippen molar-refractivity contribution in [2.24, 2.45) is 0 Å². The lowest BCUT2D eigenvalue weighted by Crippen LogP contribution is -1.86. The maximum Gasteiger partial charge on any atom is 0.187 e. The molecule has 2 heteroatoms. The highest BCUT2D eigenvalue weighted by Crippen LogP contribution is 2.18. The number of hydrogen-bond donors (Lipinski definition) is 1.